The van der Waals surface area contributed by atoms with Crippen molar-refractivity contribution in [3.8, 4) is 5.75 Å². The number of anilines is 1. The van der Waals surface area contributed by atoms with E-state index < -0.39 is 18.0 Å². The first-order valence-corrected chi connectivity index (χ1v) is 7.04. The molecule has 0 fully saturated rings. The molecule has 8 heteroatoms. The Balaban J connectivity index is 1.80. The van der Waals surface area contributed by atoms with Crippen LogP contribution < -0.4 is 10.1 Å². The van der Waals surface area contributed by atoms with E-state index >= 15 is 0 Å². The van der Waals surface area contributed by atoms with Gasteiger partial charge in [0.25, 0.3) is 0 Å². The lowest BCUT2D eigenvalue weighted by Crippen LogP contribution is -2.50. The Bertz CT molecular complexity index is 743. The second kappa shape index (κ2) is 5.99. The molecule has 1 aromatic heterocycles. The predicted octanol–water partition coefficient (Wildman–Crippen LogP) is 1.46. The van der Waals surface area contributed by atoms with Crippen LogP contribution in [0.2, 0.25) is 0 Å². The van der Waals surface area contributed by atoms with E-state index in [4.69, 9.17) is 4.74 Å². The summed E-state index contributed by atoms with van der Waals surface area (Å²) in [5.74, 6) is -0.452. The van der Waals surface area contributed by atoms with E-state index in [9.17, 15) is 14.7 Å². The van der Waals surface area contributed by atoms with Crippen LogP contribution in [0.1, 0.15) is 11.4 Å². The normalized spacial score (nSPS) is 16.6. The minimum absolute atomic E-state index is 0.169. The number of H-pyrrole nitrogens is 1. The van der Waals surface area contributed by atoms with E-state index in [1.807, 2.05) is 0 Å². The largest absolute Gasteiger partial charge is 0.497 e. The van der Waals surface area contributed by atoms with Gasteiger partial charge in [-0.1, -0.05) is 6.07 Å². The minimum atomic E-state index is -1.06. The van der Waals surface area contributed by atoms with Crippen molar-refractivity contribution in [1.82, 2.24) is 14.9 Å². The van der Waals surface area contributed by atoms with Crippen LogP contribution in [0.4, 0.5) is 10.5 Å². The third-order valence-electron chi connectivity index (χ3n) is 3.77. The zero-order valence-corrected chi connectivity index (χ0v) is 12.4. The van der Waals surface area contributed by atoms with Gasteiger partial charge in [0.15, 0.2) is 0 Å². The highest BCUT2D eigenvalue weighted by Crippen LogP contribution is 2.23. The van der Waals surface area contributed by atoms with E-state index in [1.54, 1.807) is 24.3 Å². The Morgan fingerprint density at radius 2 is 2.30 bits per heavy atom. The number of fused-ring (bicyclic) bond motifs is 1. The molecule has 3 rings (SSSR count). The average Bonchev–Trinajstić information content (AvgIpc) is 3.01. The molecule has 2 amide bonds. The summed E-state index contributed by atoms with van der Waals surface area (Å²) >= 11 is 0. The number of urea groups is 1. The van der Waals surface area contributed by atoms with Crippen molar-refractivity contribution in [2.75, 3.05) is 12.4 Å². The minimum Gasteiger partial charge on any atom is -0.497 e. The van der Waals surface area contributed by atoms with Gasteiger partial charge in [0.05, 0.1) is 31.4 Å². The Labute approximate surface area is 132 Å². The van der Waals surface area contributed by atoms with Crippen LogP contribution in [0.25, 0.3) is 0 Å². The monoisotopic (exact) mass is 316 g/mol. The number of hydrogen-bond donors (Lipinski definition) is 3. The van der Waals surface area contributed by atoms with E-state index in [2.05, 4.69) is 15.3 Å². The number of methoxy groups -OCH3 is 1. The molecular formula is C15H16N4O4. The number of nitrogens with zero attached hydrogens (tertiary/aromatic N) is 2. The first-order chi connectivity index (χ1) is 11.1. The van der Waals surface area contributed by atoms with Crippen molar-refractivity contribution < 1.29 is 19.4 Å². The smallest absolute Gasteiger partial charge is 0.326 e. The number of aromatic amines is 1. The maximum absolute atomic E-state index is 12.5. The number of carboxylic acids is 1. The molecule has 1 unspecified atom stereocenters. The fourth-order valence-corrected chi connectivity index (χ4v) is 2.57. The second-order valence-electron chi connectivity index (χ2n) is 5.18. The third-order valence-corrected chi connectivity index (χ3v) is 3.77. The highest BCUT2D eigenvalue weighted by molar-refractivity contribution is 5.92. The molecule has 1 aliphatic heterocycles. The van der Waals surface area contributed by atoms with Crippen LogP contribution >= 0.6 is 0 Å². The first-order valence-electron chi connectivity index (χ1n) is 7.04. The summed E-state index contributed by atoms with van der Waals surface area (Å²) in [6.07, 6.45) is 1.69. The summed E-state index contributed by atoms with van der Waals surface area (Å²) in [5, 5.41) is 12.1. The molecule has 120 valence electrons. The van der Waals surface area contributed by atoms with Crippen molar-refractivity contribution >= 4 is 17.7 Å². The fourth-order valence-electron chi connectivity index (χ4n) is 2.57. The summed E-state index contributed by atoms with van der Waals surface area (Å²) < 4.78 is 5.11. The number of carbonyl (C=O) groups is 2. The van der Waals surface area contributed by atoms with Gasteiger partial charge < -0.3 is 25.0 Å². The lowest BCUT2D eigenvalue weighted by molar-refractivity contribution is -0.142. The molecule has 0 saturated carbocycles. The van der Waals surface area contributed by atoms with Crippen LogP contribution in [-0.2, 0) is 17.8 Å². The molecule has 0 saturated heterocycles. The van der Waals surface area contributed by atoms with Crippen LogP contribution in [0.15, 0.2) is 30.6 Å². The second-order valence-corrected chi connectivity index (χ2v) is 5.18. The molecule has 0 spiro atoms. The van der Waals surface area contributed by atoms with Gasteiger partial charge in [-0.2, -0.15) is 0 Å². The number of nitrogens with one attached hydrogen (secondary N) is 2. The maximum atomic E-state index is 12.5. The highest BCUT2D eigenvalue weighted by atomic mass is 16.5. The van der Waals surface area contributed by atoms with Crippen molar-refractivity contribution in [2.24, 2.45) is 0 Å². The number of carboxylic acid groups (broad SMARTS) is 1. The topological polar surface area (TPSA) is 108 Å². The van der Waals surface area contributed by atoms with Gasteiger partial charge in [-0.05, 0) is 12.1 Å². The quantitative estimate of drug-likeness (QED) is 0.794. The molecule has 2 aromatic rings. The molecule has 0 aliphatic carbocycles. The lowest BCUT2D eigenvalue weighted by Gasteiger charge is -2.32. The fraction of sp³-hybridized carbons (Fsp3) is 0.267. The predicted molar refractivity (Wildman–Crippen MR) is 81.3 cm³/mol. The molecule has 8 nitrogen and oxygen atoms in total. The number of rotatable bonds is 3. The molecule has 0 radical (unpaired) electrons. The molecule has 0 bridgehead atoms. The molecule has 3 N–H and O–H groups in total. The SMILES string of the molecule is COc1cccc(NC(=O)N2Cc3[nH]cnc3CC2C(=O)O)c1. The van der Waals surface area contributed by atoms with Crippen LogP contribution in [0, 0.1) is 0 Å². The Kier molecular flexibility index (Phi) is 3.88. The Morgan fingerprint density at radius 3 is 3.04 bits per heavy atom. The summed E-state index contributed by atoms with van der Waals surface area (Å²) in [6, 6.07) is 5.45. The number of hydrogen-bond acceptors (Lipinski definition) is 4. The average molecular weight is 316 g/mol. The van der Waals surface area contributed by atoms with Crippen LogP contribution in [0.3, 0.4) is 0 Å². The van der Waals surface area contributed by atoms with Crippen molar-refractivity contribution in [1.29, 1.82) is 0 Å². The van der Waals surface area contributed by atoms with E-state index in [0.29, 0.717) is 17.1 Å². The zero-order chi connectivity index (χ0) is 16.4. The van der Waals surface area contributed by atoms with Gasteiger partial charge in [-0.15, -0.1) is 0 Å². The molecule has 2 heterocycles. The molecule has 1 aliphatic rings. The maximum Gasteiger partial charge on any atom is 0.326 e. The number of amides is 2. The van der Waals surface area contributed by atoms with Gasteiger partial charge in [0, 0.05) is 18.2 Å². The zero-order valence-electron chi connectivity index (χ0n) is 12.4. The summed E-state index contributed by atoms with van der Waals surface area (Å²) in [7, 11) is 1.53. The van der Waals surface area contributed by atoms with Gasteiger partial charge in [-0.3, -0.25) is 0 Å². The number of aromatic nitrogens is 2. The first kappa shape index (κ1) is 14.9. The van der Waals surface area contributed by atoms with Crippen molar-refractivity contribution in [3.63, 3.8) is 0 Å². The number of carbonyl (C=O) groups excluding carboxylic acids is 1. The summed E-state index contributed by atoms with van der Waals surface area (Å²) in [5.41, 5.74) is 1.97. The summed E-state index contributed by atoms with van der Waals surface area (Å²) in [6.45, 7) is 0.169. The summed E-state index contributed by atoms with van der Waals surface area (Å²) in [4.78, 5) is 32.3. The van der Waals surface area contributed by atoms with Crippen molar-refractivity contribution in [3.05, 3.63) is 42.0 Å². The standard InChI is InChI=1S/C15H16N4O4/c1-23-10-4-2-3-9(5-10)18-15(22)19-7-12-11(16-8-17-12)6-13(19)14(20)21/h2-5,8,13H,6-7H2,1H3,(H,16,17)(H,18,22)(H,20,21). The van der Waals surface area contributed by atoms with E-state index in [1.165, 1.54) is 18.3 Å². The number of ether oxygens (including phenoxy) is 1. The van der Waals surface area contributed by atoms with Gasteiger partial charge in [-0.25, -0.2) is 14.6 Å². The molecule has 23 heavy (non-hydrogen) atoms. The Hall–Kier alpha value is -3.03. The van der Waals surface area contributed by atoms with Crippen LogP contribution in [-0.4, -0.2) is 45.1 Å². The Morgan fingerprint density at radius 1 is 1.48 bits per heavy atom. The molecule has 1 aromatic carbocycles. The highest BCUT2D eigenvalue weighted by Gasteiger charge is 2.36. The number of aliphatic carboxylic acids is 1. The number of imidazole rings is 1. The third kappa shape index (κ3) is 2.96. The lowest BCUT2D eigenvalue weighted by atomic mass is 10.0. The molecular weight excluding hydrogens is 300 g/mol. The van der Waals surface area contributed by atoms with Gasteiger partial charge >= 0.3 is 12.0 Å². The van der Waals surface area contributed by atoms with Gasteiger partial charge in [0.1, 0.15) is 11.8 Å². The number of benzene rings is 1. The van der Waals surface area contributed by atoms with E-state index in [-0.39, 0.29) is 13.0 Å². The molecule has 1 atom stereocenters. The van der Waals surface area contributed by atoms with Gasteiger partial charge in [0.2, 0.25) is 0 Å². The van der Waals surface area contributed by atoms with Crippen LogP contribution in [0.5, 0.6) is 5.75 Å². The van der Waals surface area contributed by atoms with Crippen molar-refractivity contribution in [2.45, 2.75) is 19.0 Å². The van der Waals surface area contributed by atoms with E-state index in [0.717, 1.165) is 5.69 Å².